The zero-order chi connectivity index (χ0) is 14.8. The van der Waals surface area contributed by atoms with Gasteiger partial charge < -0.3 is 5.32 Å². The molecule has 1 N–H and O–H groups in total. The van der Waals surface area contributed by atoms with Crippen LogP contribution >= 0.6 is 0 Å². The van der Waals surface area contributed by atoms with Crippen LogP contribution < -0.4 is 5.32 Å². The Bertz CT molecular complexity index is 454. The summed E-state index contributed by atoms with van der Waals surface area (Å²) in [6.07, 6.45) is 2.23. The van der Waals surface area contributed by atoms with Gasteiger partial charge in [0.2, 0.25) is 0 Å². The van der Waals surface area contributed by atoms with Crippen molar-refractivity contribution in [1.82, 2.24) is 10.2 Å². The van der Waals surface area contributed by atoms with Crippen LogP contribution in [0.3, 0.4) is 0 Å². The van der Waals surface area contributed by atoms with Gasteiger partial charge in [0.15, 0.2) is 11.6 Å². The minimum absolute atomic E-state index is 0.0817. The van der Waals surface area contributed by atoms with Crippen LogP contribution in [0, 0.1) is 11.6 Å². The molecule has 112 valence electrons. The normalized spacial score (nSPS) is 20.6. The van der Waals surface area contributed by atoms with Gasteiger partial charge in [0.05, 0.1) is 0 Å². The van der Waals surface area contributed by atoms with Crippen LogP contribution in [0.5, 0.6) is 0 Å². The van der Waals surface area contributed by atoms with Gasteiger partial charge in [-0.25, -0.2) is 8.78 Å². The molecular formula is C16H24F2N2. The molecule has 0 aliphatic carbocycles. The van der Waals surface area contributed by atoms with E-state index in [1.54, 1.807) is 12.1 Å². The lowest BCUT2D eigenvalue weighted by Gasteiger charge is -2.29. The van der Waals surface area contributed by atoms with E-state index in [1.807, 2.05) is 0 Å². The topological polar surface area (TPSA) is 15.3 Å². The molecule has 0 aromatic heterocycles. The smallest absolute Gasteiger partial charge is 0.163 e. The molecule has 4 heteroatoms. The van der Waals surface area contributed by atoms with Gasteiger partial charge in [-0.15, -0.1) is 0 Å². The zero-order valence-corrected chi connectivity index (χ0v) is 12.5. The van der Waals surface area contributed by atoms with E-state index in [0.29, 0.717) is 18.2 Å². The minimum atomic E-state index is -0.758. The second-order valence-corrected chi connectivity index (χ2v) is 6.61. The predicted octanol–water partition coefficient (Wildman–Crippen LogP) is 3.32. The van der Waals surface area contributed by atoms with E-state index in [0.717, 1.165) is 25.9 Å². The van der Waals surface area contributed by atoms with Gasteiger partial charge in [0.1, 0.15) is 0 Å². The standard InChI is InChI=1S/C16H24F2N2/c1-16(2,3)19-10-13-7-5-9-20(13)11-12-6-4-8-14(17)15(12)18/h4,6,8,13,19H,5,7,9-11H2,1-3H3. The molecule has 1 aliphatic rings. The van der Waals surface area contributed by atoms with Gasteiger partial charge >= 0.3 is 0 Å². The third kappa shape index (κ3) is 4.00. The highest BCUT2D eigenvalue weighted by Crippen LogP contribution is 2.22. The van der Waals surface area contributed by atoms with E-state index in [-0.39, 0.29) is 5.54 Å². The fourth-order valence-electron chi connectivity index (χ4n) is 2.65. The molecule has 20 heavy (non-hydrogen) atoms. The summed E-state index contributed by atoms with van der Waals surface area (Å²) in [5.41, 5.74) is 0.533. The quantitative estimate of drug-likeness (QED) is 0.911. The van der Waals surface area contributed by atoms with Gasteiger partial charge in [-0.1, -0.05) is 12.1 Å². The van der Waals surface area contributed by atoms with Crippen LogP contribution in [0.15, 0.2) is 18.2 Å². The number of nitrogens with one attached hydrogen (secondary N) is 1. The van der Waals surface area contributed by atoms with Gasteiger partial charge in [-0.05, 0) is 46.2 Å². The van der Waals surface area contributed by atoms with Gasteiger partial charge in [-0.2, -0.15) is 0 Å². The first-order valence-corrected chi connectivity index (χ1v) is 7.29. The first-order valence-electron chi connectivity index (χ1n) is 7.29. The summed E-state index contributed by atoms with van der Waals surface area (Å²) in [6.45, 7) is 8.74. The molecule has 1 aliphatic heterocycles. The van der Waals surface area contributed by atoms with Crippen molar-refractivity contribution in [2.75, 3.05) is 13.1 Å². The molecule has 1 unspecified atom stereocenters. The average Bonchev–Trinajstić information content (AvgIpc) is 2.79. The highest BCUT2D eigenvalue weighted by molar-refractivity contribution is 5.19. The highest BCUT2D eigenvalue weighted by atomic mass is 19.2. The Labute approximate surface area is 120 Å². The fraction of sp³-hybridized carbons (Fsp3) is 0.625. The number of likely N-dealkylation sites (tertiary alicyclic amines) is 1. The van der Waals surface area contributed by atoms with Crippen molar-refractivity contribution >= 4 is 0 Å². The zero-order valence-electron chi connectivity index (χ0n) is 12.5. The Morgan fingerprint density at radius 2 is 2.05 bits per heavy atom. The number of rotatable bonds is 4. The summed E-state index contributed by atoms with van der Waals surface area (Å²) in [6, 6.07) is 4.82. The Kier molecular flexibility index (Phi) is 4.76. The summed E-state index contributed by atoms with van der Waals surface area (Å²) in [5, 5.41) is 3.50. The molecule has 0 radical (unpaired) electrons. The second-order valence-electron chi connectivity index (χ2n) is 6.61. The molecule has 1 fully saturated rings. The molecule has 1 saturated heterocycles. The molecule has 2 nitrogen and oxygen atoms in total. The van der Waals surface area contributed by atoms with Crippen LogP contribution in [0.1, 0.15) is 39.2 Å². The van der Waals surface area contributed by atoms with Gasteiger partial charge in [0.25, 0.3) is 0 Å². The van der Waals surface area contributed by atoms with Crippen molar-refractivity contribution in [3.05, 3.63) is 35.4 Å². The first-order chi connectivity index (χ1) is 9.37. The molecule has 0 amide bonds. The SMILES string of the molecule is CC(C)(C)NCC1CCCN1Cc1cccc(F)c1F. The number of nitrogens with zero attached hydrogens (tertiary/aromatic N) is 1. The molecule has 1 atom stereocenters. The lowest BCUT2D eigenvalue weighted by molar-refractivity contribution is 0.222. The van der Waals surface area contributed by atoms with E-state index < -0.39 is 11.6 Å². The first kappa shape index (κ1) is 15.4. The summed E-state index contributed by atoms with van der Waals surface area (Å²) in [4.78, 5) is 2.25. The van der Waals surface area contributed by atoms with Crippen LogP contribution in [-0.4, -0.2) is 29.6 Å². The van der Waals surface area contributed by atoms with Crippen LogP contribution in [-0.2, 0) is 6.54 Å². The van der Waals surface area contributed by atoms with E-state index >= 15 is 0 Å². The van der Waals surface area contributed by atoms with Crippen molar-refractivity contribution in [1.29, 1.82) is 0 Å². The summed E-state index contributed by atoms with van der Waals surface area (Å²) >= 11 is 0. The van der Waals surface area contributed by atoms with E-state index in [1.165, 1.54) is 6.07 Å². The molecule has 1 aromatic rings. The molecular weight excluding hydrogens is 258 g/mol. The summed E-state index contributed by atoms with van der Waals surface area (Å²) in [5.74, 6) is -1.46. The predicted molar refractivity (Wildman–Crippen MR) is 77.5 cm³/mol. The number of benzene rings is 1. The molecule has 0 spiro atoms. The van der Waals surface area contributed by atoms with Crippen molar-refractivity contribution in [2.45, 2.75) is 51.7 Å². The Hall–Kier alpha value is -1.00. The van der Waals surface area contributed by atoms with Crippen molar-refractivity contribution in [3.8, 4) is 0 Å². The Balaban J connectivity index is 1.99. The van der Waals surface area contributed by atoms with Crippen molar-refractivity contribution < 1.29 is 8.78 Å². The Morgan fingerprint density at radius 1 is 1.30 bits per heavy atom. The maximum absolute atomic E-state index is 13.7. The maximum atomic E-state index is 13.7. The second kappa shape index (κ2) is 6.19. The van der Waals surface area contributed by atoms with Crippen LogP contribution in [0.25, 0.3) is 0 Å². The lowest BCUT2D eigenvalue weighted by Crippen LogP contribution is -2.45. The molecule has 0 saturated carbocycles. The average molecular weight is 282 g/mol. The van der Waals surface area contributed by atoms with Crippen LogP contribution in [0.2, 0.25) is 0 Å². The third-order valence-electron chi connectivity index (χ3n) is 3.77. The Morgan fingerprint density at radius 3 is 2.75 bits per heavy atom. The van der Waals surface area contributed by atoms with E-state index in [4.69, 9.17) is 0 Å². The molecule has 1 heterocycles. The van der Waals surface area contributed by atoms with Crippen molar-refractivity contribution in [2.24, 2.45) is 0 Å². The van der Waals surface area contributed by atoms with E-state index in [2.05, 4.69) is 31.0 Å². The van der Waals surface area contributed by atoms with Crippen molar-refractivity contribution in [3.63, 3.8) is 0 Å². The number of hydrogen-bond donors (Lipinski definition) is 1. The molecule has 2 rings (SSSR count). The lowest BCUT2D eigenvalue weighted by atomic mass is 10.1. The molecule has 0 bridgehead atoms. The van der Waals surface area contributed by atoms with Gasteiger partial charge in [-0.3, -0.25) is 4.90 Å². The maximum Gasteiger partial charge on any atom is 0.163 e. The summed E-state index contributed by atoms with van der Waals surface area (Å²) in [7, 11) is 0. The third-order valence-corrected chi connectivity index (χ3v) is 3.77. The summed E-state index contributed by atoms with van der Waals surface area (Å²) < 4.78 is 27.0. The number of hydrogen-bond acceptors (Lipinski definition) is 2. The van der Waals surface area contributed by atoms with E-state index in [9.17, 15) is 8.78 Å². The largest absolute Gasteiger partial charge is 0.311 e. The monoisotopic (exact) mass is 282 g/mol. The highest BCUT2D eigenvalue weighted by Gasteiger charge is 2.26. The minimum Gasteiger partial charge on any atom is -0.311 e. The van der Waals surface area contributed by atoms with Crippen LogP contribution in [0.4, 0.5) is 8.78 Å². The molecule has 1 aromatic carbocycles. The fourth-order valence-corrected chi connectivity index (χ4v) is 2.65. The number of halogens is 2. The van der Waals surface area contributed by atoms with Gasteiger partial charge in [0, 0.05) is 30.2 Å².